The number of nitrogens with zero attached hydrogens (tertiary/aromatic N) is 2. The maximum absolute atomic E-state index is 13.0. The first-order valence-electron chi connectivity index (χ1n) is 9.02. The van der Waals surface area contributed by atoms with Crippen LogP contribution in [0.2, 0.25) is 0 Å². The summed E-state index contributed by atoms with van der Waals surface area (Å²) in [7, 11) is 0. The van der Waals surface area contributed by atoms with Crippen molar-refractivity contribution >= 4 is 17.7 Å². The molecular weight excluding hydrogens is 354 g/mol. The second kappa shape index (κ2) is 7.52. The molecule has 1 aromatic heterocycles. The average molecular weight is 373 g/mol. The zero-order valence-corrected chi connectivity index (χ0v) is 15.1. The molecule has 0 bridgehead atoms. The van der Waals surface area contributed by atoms with Crippen LogP contribution in [0, 0.1) is 0 Å². The zero-order chi connectivity index (χ0) is 19.5. The molecule has 2 N–H and O–H groups in total. The van der Waals surface area contributed by atoms with E-state index in [1.807, 2.05) is 72.8 Å². The minimum Gasteiger partial charge on any atom is -0.465 e. The number of aromatic nitrogens is 1. The van der Waals surface area contributed by atoms with Crippen LogP contribution < -0.4 is 10.2 Å². The number of pyridine rings is 1. The van der Waals surface area contributed by atoms with Crippen molar-refractivity contribution in [2.75, 3.05) is 4.90 Å². The number of hydrogen-bond donors (Lipinski definition) is 2. The van der Waals surface area contributed by atoms with Gasteiger partial charge in [-0.2, -0.15) is 0 Å². The molecular formula is C22H19N3O3. The number of fused-ring (bicyclic) bond motifs is 1. The summed E-state index contributed by atoms with van der Waals surface area (Å²) in [6.07, 6.45) is -0.993. The molecule has 3 aromatic rings. The van der Waals surface area contributed by atoms with Gasteiger partial charge in [-0.3, -0.25) is 9.78 Å². The lowest BCUT2D eigenvalue weighted by Gasteiger charge is -2.33. The van der Waals surface area contributed by atoms with Gasteiger partial charge in [0.2, 0.25) is 5.91 Å². The molecule has 0 saturated carbocycles. The lowest BCUT2D eigenvalue weighted by Crippen LogP contribution is -2.52. The van der Waals surface area contributed by atoms with Gasteiger partial charge in [0.15, 0.2) is 0 Å². The number of carbonyl (C=O) groups excluding carboxylic acids is 1. The number of rotatable bonds is 4. The monoisotopic (exact) mass is 373 g/mol. The van der Waals surface area contributed by atoms with Crippen molar-refractivity contribution in [1.82, 2.24) is 10.3 Å². The van der Waals surface area contributed by atoms with Crippen molar-refractivity contribution < 1.29 is 14.7 Å². The standard InChI is InChI=1S/C22H19N3O3/c26-21-19(24-22(27)28)13-18-20(25(21)14-15-7-3-1-4-8-15)12-11-17(23-18)16-9-5-2-6-10-16/h1-12,19,24H,13-14H2,(H,27,28). The third-order valence-electron chi connectivity index (χ3n) is 4.75. The molecule has 1 aliphatic rings. The first-order valence-corrected chi connectivity index (χ1v) is 9.02. The van der Waals surface area contributed by atoms with E-state index in [1.54, 1.807) is 4.90 Å². The van der Waals surface area contributed by atoms with E-state index in [9.17, 15) is 9.59 Å². The van der Waals surface area contributed by atoms with Gasteiger partial charge in [0.05, 0.1) is 23.6 Å². The largest absolute Gasteiger partial charge is 0.465 e. The fourth-order valence-corrected chi connectivity index (χ4v) is 3.44. The molecule has 1 unspecified atom stereocenters. The van der Waals surface area contributed by atoms with Crippen molar-refractivity contribution in [2.24, 2.45) is 0 Å². The second-order valence-electron chi connectivity index (χ2n) is 6.64. The Kier molecular flexibility index (Phi) is 4.76. The van der Waals surface area contributed by atoms with Crippen LogP contribution in [-0.2, 0) is 17.8 Å². The van der Waals surface area contributed by atoms with E-state index in [-0.39, 0.29) is 12.3 Å². The van der Waals surface area contributed by atoms with Gasteiger partial charge >= 0.3 is 6.09 Å². The summed E-state index contributed by atoms with van der Waals surface area (Å²) in [5.41, 5.74) is 4.15. The molecule has 6 heteroatoms. The van der Waals surface area contributed by atoms with Gasteiger partial charge in [-0.05, 0) is 17.7 Å². The molecule has 0 saturated heterocycles. The maximum Gasteiger partial charge on any atom is 0.405 e. The Hall–Kier alpha value is -3.67. The fraction of sp³-hybridized carbons (Fsp3) is 0.136. The minimum absolute atomic E-state index is 0.229. The number of carbonyl (C=O) groups is 2. The van der Waals surface area contributed by atoms with Gasteiger partial charge in [0.1, 0.15) is 6.04 Å². The topological polar surface area (TPSA) is 82.5 Å². The second-order valence-corrected chi connectivity index (χ2v) is 6.64. The summed E-state index contributed by atoms with van der Waals surface area (Å²) in [6, 6.07) is 22.3. The van der Waals surface area contributed by atoms with Gasteiger partial charge in [-0.25, -0.2) is 4.79 Å². The molecule has 2 heterocycles. The van der Waals surface area contributed by atoms with Crippen molar-refractivity contribution in [3.05, 3.63) is 84.1 Å². The number of carboxylic acid groups (broad SMARTS) is 1. The normalized spacial score (nSPS) is 15.8. The smallest absolute Gasteiger partial charge is 0.405 e. The summed E-state index contributed by atoms with van der Waals surface area (Å²) in [6.45, 7) is 0.358. The molecule has 0 radical (unpaired) electrons. The van der Waals surface area contributed by atoms with Gasteiger partial charge in [0, 0.05) is 12.0 Å². The minimum atomic E-state index is -1.22. The summed E-state index contributed by atoms with van der Waals surface area (Å²) in [5, 5.41) is 11.5. The molecule has 2 aromatic carbocycles. The summed E-state index contributed by atoms with van der Waals surface area (Å²) in [4.78, 5) is 30.5. The van der Waals surface area contributed by atoms with Crippen LogP contribution in [0.5, 0.6) is 0 Å². The molecule has 28 heavy (non-hydrogen) atoms. The number of benzene rings is 2. The van der Waals surface area contributed by atoms with E-state index in [2.05, 4.69) is 5.32 Å². The lowest BCUT2D eigenvalue weighted by atomic mass is 9.99. The Morgan fingerprint density at radius 1 is 1.04 bits per heavy atom. The third kappa shape index (κ3) is 3.57. The lowest BCUT2D eigenvalue weighted by molar-refractivity contribution is -0.121. The summed E-state index contributed by atoms with van der Waals surface area (Å²) >= 11 is 0. The molecule has 1 atom stereocenters. The maximum atomic E-state index is 13.0. The number of nitrogens with one attached hydrogen (secondary N) is 1. The number of anilines is 1. The van der Waals surface area contributed by atoms with Gasteiger partial charge in [-0.15, -0.1) is 0 Å². The first kappa shape index (κ1) is 17.7. The van der Waals surface area contributed by atoms with Crippen molar-refractivity contribution in [3.63, 3.8) is 0 Å². The van der Waals surface area contributed by atoms with Crippen molar-refractivity contribution in [3.8, 4) is 11.3 Å². The van der Waals surface area contributed by atoms with E-state index in [1.165, 1.54) is 0 Å². The van der Waals surface area contributed by atoms with E-state index in [4.69, 9.17) is 10.1 Å². The highest BCUT2D eigenvalue weighted by molar-refractivity contribution is 6.01. The van der Waals surface area contributed by atoms with Crippen LogP contribution >= 0.6 is 0 Å². The highest BCUT2D eigenvalue weighted by Gasteiger charge is 2.35. The number of amides is 2. The summed E-state index contributed by atoms with van der Waals surface area (Å²) in [5.74, 6) is -0.270. The van der Waals surface area contributed by atoms with Crippen LogP contribution in [-0.4, -0.2) is 28.1 Å². The molecule has 1 aliphatic heterocycles. The Labute approximate surface area is 162 Å². The predicted molar refractivity (Wildman–Crippen MR) is 106 cm³/mol. The van der Waals surface area contributed by atoms with Gasteiger partial charge in [0.25, 0.3) is 0 Å². The number of hydrogen-bond acceptors (Lipinski definition) is 3. The van der Waals surface area contributed by atoms with Crippen LogP contribution in [0.3, 0.4) is 0 Å². The van der Waals surface area contributed by atoms with Crippen LogP contribution in [0.4, 0.5) is 10.5 Å². The van der Waals surface area contributed by atoms with E-state index >= 15 is 0 Å². The Bertz CT molecular complexity index is 1010. The molecule has 2 amide bonds. The highest BCUT2D eigenvalue weighted by Crippen LogP contribution is 2.31. The molecule has 0 spiro atoms. The predicted octanol–water partition coefficient (Wildman–Crippen LogP) is 3.47. The SMILES string of the molecule is O=C(O)NC1Cc2nc(-c3ccccc3)ccc2N(Cc2ccccc2)C1=O. The Balaban J connectivity index is 1.74. The van der Waals surface area contributed by atoms with Gasteiger partial charge < -0.3 is 15.3 Å². The van der Waals surface area contributed by atoms with Crippen molar-refractivity contribution in [2.45, 2.75) is 19.0 Å². The third-order valence-corrected chi connectivity index (χ3v) is 4.75. The van der Waals surface area contributed by atoms with E-state index < -0.39 is 12.1 Å². The fourth-order valence-electron chi connectivity index (χ4n) is 3.44. The summed E-state index contributed by atoms with van der Waals surface area (Å²) < 4.78 is 0. The van der Waals surface area contributed by atoms with Crippen molar-refractivity contribution in [1.29, 1.82) is 0 Å². The molecule has 0 fully saturated rings. The average Bonchev–Trinajstić information content (AvgIpc) is 2.72. The highest BCUT2D eigenvalue weighted by atomic mass is 16.4. The zero-order valence-electron chi connectivity index (χ0n) is 15.1. The molecule has 6 nitrogen and oxygen atoms in total. The Morgan fingerprint density at radius 2 is 1.71 bits per heavy atom. The van der Waals surface area contributed by atoms with E-state index in [0.717, 1.165) is 22.5 Å². The van der Waals surface area contributed by atoms with Crippen LogP contribution in [0.15, 0.2) is 72.8 Å². The Morgan fingerprint density at radius 3 is 2.39 bits per heavy atom. The molecule has 4 rings (SSSR count). The van der Waals surface area contributed by atoms with Crippen LogP contribution in [0.25, 0.3) is 11.3 Å². The molecule has 140 valence electrons. The molecule has 0 aliphatic carbocycles. The first-order chi connectivity index (χ1) is 13.6. The van der Waals surface area contributed by atoms with Crippen LogP contribution in [0.1, 0.15) is 11.3 Å². The quantitative estimate of drug-likeness (QED) is 0.734. The van der Waals surface area contributed by atoms with Gasteiger partial charge in [-0.1, -0.05) is 60.7 Å². The van der Waals surface area contributed by atoms with E-state index in [0.29, 0.717) is 12.2 Å².